The lowest BCUT2D eigenvalue weighted by Gasteiger charge is -2.29. The van der Waals surface area contributed by atoms with E-state index in [1.807, 2.05) is 18.2 Å². The Morgan fingerprint density at radius 3 is 2.35 bits per heavy atom. The third kappa shape index (κ3) is 5.17. The van der Waals surface area contributed by atoms with Crippen LogP contribution in [0.5, 0.6) is 0 Å². The molecule has 0 aliphatic heterocycles. The van der Waals surface area contributed by atoms with Gasteiger partial charge in [-0.2, -0.15) is 0 Å². The fourth-order valence-corrected chi connectivity index (χ4v) is 2.47. The molecule has 1 unspecified atom stereocenters. The second-order valence-corrected chi connectivity index (χ2v) is 5.32. The van der Waals surface area contributed by atoms with Crippen molar-refractivity contribution in [3.8, 4) is 0 Å². The minimum atomic E-state index is -0.222. The molecule has 0 N–H and O–H groups in total. The van der Waals surface area contributed by atoms with E-state index in [-0.39, 0.29) is 6.10 Å². The maximum absolute atomic E-state index is 5.67. The normalized spacial score (nSPS) is 12.2. The van der Waals surface area contributed by atoms with Gasteiger partial charge in [0.25, 0.3) is 0 Å². The van der Waals surface area contributed by atoms with Gasteiger partial charge in [-0.1, -0.05) is 45.0 Å². The molecule has 3 nitrogen and oxygen atoms in total. The number of pyridine rings is 1. The summed E-state index contributed by atoms with van der Waals surface area (Å²) in [6, 6.07) is 5.85. The SMILES string of the molecule is CCCCN(CCCC)C(=S)C(OC)c1ccccn1. The Bertz CT molecular complexity index is 375. The molecule has 0 saturated carbocycles. The standard InChI is InChI=1S/C16H26N2OS/c1-4-6-12-18(13-7-5-2)16(20)15(19-3)14-10-8-9-11-17-14/h8-11,15H,4-7,12-13H2,1-3H3. The molecule has 0 aromatic carbocycles. The molecule has 0 spiro atoms. The Balaban J connectivity index is 2.78. The van der Waals surface area contributed by atoms with E-state index in [0.717, 1.165) is 36.6 Å². The number of rotatable bonds is 9. The van der Waals surface area contributed by atoms with E-state index >= 15 is 0 Å². The summed E-state index contributed by atoms with van der Waals surface area (Å²) in [5, 5.41) is 0. The molecule has 1 aromatic heterocycles. The smallest absolute Gasteiger partial charge is 0.149 e. The van der Waals surface area contributed by atoms with Crippen molar-refractivity contribution in [3.63, 3.8) is 0 Å². The minimum Gasteiger partial charge on any atom is -0.368 e. The van der Waals surface area contributed by atoms with Gasteiger partial charge in [-0.05, 0) is 25.0 Å². The van der Waals surface area contributed by atoms with Crippen LogP contribution in [0, 0.1) is 0 Å². The molecule has 0 saturated heterocycles. The van der Waals surface area contributed by atoms with Gasteiger partial charge in [0, 0.05) is 26.4 Å². The number of hydrogen-bond acceptors (Lipinski definition) is 3. The molecular formula is C16H26N2OS. The van der Waals surface area contributed by atoms with E-state index in [1.165, 1.54) is 12.8 Å². The van der Waals surface area contributed by atoms with Gasteiger partial charge in [-0.25, -0.2) is 0 Å². The molecule has 20 heavy (non-hydrogen) atoms. The summed E-state index contributed by atoms with van der Waals surface area (Å²) in [7, 11) is 1.70. The molecule has 0 radical (unpaired) electrons. The van der Waals surface area contributed by atoms with Gasteiger partial charge in [0.1, 0.15) is 11.1 Å². The Morgan fingerprint density at radius 2 is 1.90 bits per heavy atom. The highest BCUT2D eigenvalue weighted by Gasteiger charge is 2.22. The van der Waals surface area contributed by atoms with E-state index in [4.69, 9.17) is 17.0 Å². The molecule has 1 heterocycles. The first-order chi connectivity index (χ1) is 9.74. The Labute approximate surface area is 128 Å². The van der Waals surface area contributed by atoms with Crippen LogP contribution in [0.2, 0.25) is 0 Å². The van der Waals surface area contributed by atoms with Gasteiger partial charge in [0.05, 0.1) is 5.69 Å². The molecule has 0 amide bonds. The summed E-state index contributed by atoms with van der Waals surface area (Å²) in [4.78, 5) is 7.51. The van der Waals surface area contributed by atoms with E-state index in [9.17, 15) is 0 Å². The number of methoxy groups -OCH3 is 1. The quantitative estimate of drug-likeness (QED) is 0.643. The van der Waals surface area contributed by atoms with Crippen LogP contribution < -0.4 is 0 Å². The number of aromatic nitrogens is 1. The molecule has 0 bridgehead atoms. The number of unbranched alkanes of at least 4 members (excludes halogenated alkanes) is 2. The number of ether oxygens (including phenoxy) is 1. The van der Waals surface area contributed by atoms with Crippen LogP contribution in [0.15, 0.2) is 24.4 Å². The van der Waals surface area contributed by atoms with Gasteiger partial charge in [0.15, 0.2) is 0 Å². The first kappa shape index (κ1) is 17.1. The lowest BCUT2D eigenvalue weighted by molar-refractivity contribution is 0.143. The monoisotopic (exact) mass is 294 g/mol. The summed E-state index contributed by atoms with van der Waals surface area (Å²) >= 11 is 5.67. The van der Waals surface area contributed by atoms with Crippen LogP contribution in [0.1, 0.15) is 51.3 Å². The minimum absolute atomic E-state index is 0.222. The zero-order chi connectivity index (χ0) is 14.8. The summed E-state index contributed by atoms with van der Waals surface area (Å²) in [5.74, 6) is 0. The predicted octanol–water partition coefficient (Wildman–Crippen LogP) is 4.00. The van der Waals surface area contributed by atoms with E-state index in [1.54, 1.807) is 13.3 Å². The highest BCUT2D eigenvalue weighted by Crippen LogP contribution is 2.19. The van der Waals surface area contributed by atoms with Gasteiger partial charge >= 0.3 is 0 Å². The summed E-state index contributed by atoms with van der Waals surface area (Å²) < 4.78 is 5.59. The fraction of sp³-hybridized carbons (Fsp3) is 0.625. The lowest BCUT2D eigenvalue weighted by atomic mass is 10.2. The van der Waals surface area contributed by atoms with Crippen LogP contribution in [0.25, 0.3) is 0 Å². The molecule has 1 atom stereocenters. The molecular weight excluding hydrogens is 268 g/mol. The van der Waals surface area contributed by atoms with E-state index in [2.05, 4.69) is 23.7 Å². The van der Waals surface area contributed by atoms with Crippen LogP contribution in [0.4, 0.5) is 0 Å². The fourth-order valence-electron chi connectivity index (χ4n) is 2.08. The average Bonchev–Trinajstić information content (AvgIpc) is 2.49. The zero-order valence-corrected chi connectivity index (χ0v) is 13.7. The van der Waals surface area contributed by atoms with Crippen LogP contribution >= 0.6 is 12.2 Å². The third-order valence-electron chi connectivity index (χ3n) is 3.29. The lowest BCUT2D eigenvalue weighted by Crippen LogP contribution is -2.36. The Kier molecular flexibility index (Phi) is 8.38. The molecule has 0 fully saturated rings. The van der Waals surface area contributed by atoms with Crippen molar-refractivity contribution < 1.29 is 4.74 Å². The topological polar surface area (TPSA) is 25.4 Å². The van der Waals surface area contributed by atoms with Crippen molar-refractivity contribution in [3.05, 3.63) is 30.1 Å². The summed E-state index contributed by atoms with van der Waals surface area (Å²) in [5.41, 5.74) is 0.887. The number of hydrogen-bond donors (Lipinski definition) is 0. The van der Waals surface area contributed by atoms with Gasteiger partial charge in [-0.15, -0.1) is 0 Å². The van der Waals surface area contributed by atoms with Crippen molar-refractivity contribution in [1.82, 2.24) is 9.88 Å². The third-order valence-corrected chi connectivity index (χ3v) is 3.76. The van der Waals surface area contributed by atoms with Crippen LogP contribution in [-0.4, -0.2) is 35.1 Å². The molecule has 4 heteroatoms. The predicted molar refractivity (Wildman–Crippen MR) is 88.0 cm³/mol. The average molecular weight is 294 g/mol. The zero-order valence-electron chi connectivity index (χ0n) is 12.8. The highest BCUT2D eigenvalue weighted by molar-refractivity contribution is 7.80. The Morgan fingerprint density at radius 1 is 1.25 bits per heavy atom. The Hall–Kier alpha value is -1.00. The summed E-state index contributed by atoms with van der Waals surface area (Å²) in [6.07, 6.45) is 6.22. The van der Waals surface area contributed by atoms with E-state index in [0.29, 0.717) is 0 Å². The highest BCUT2D eigenvalue weighted by atomic mass is 32.1. The van der Waals surface area contributed by atoms with Crippen molar-refractivity contribution in [2.24, 2.45) is 0 Å². The molecule has 112 valence electrons. The van der Waals surface area contributed by atoms with Crippen LogP contribution in [-0.2, 0) is 4.74 Å². The maximum atomic E-state index is 5.67. The largest absolute Gasteiger partial charge is 0.368 e. The van der Waals surface area contributed by atoms with Crippen molar-refractivity contribution >= 4 is 17.2 Å². The number of thiocarbonyl (C=S) groups is 1. The second kappa shape index (κ2) is 9.83. The van der Waals surface area contributed by atoms with Gasteiger partial charge < -0.3 is 9.64 Å². The first-order valence-electron chi connectivity index (χ1n) is 7.47. The van der Waals surface area contributed by atoms with Crippen LogP contribution in [0.3, 0.4) is 0 Å². The second-order valence-electron chi connectivity index (χ2n) is 4.90. The molecule has 1 aromatic rings. The number of nitrogens with zero attached hydrogens (tertiary/aromatic N) is 2. The van der Waals surface area contributed by atoms with Gasteiger partial charge in [0.2, 0.25) is 0 Å². The van der Waals surface area contributed by atoms with Crippen molar-refractivity contribution in [2.45, 2.75) is 45.6 Å². The summed E-state index contributed by atoms with van der Waals surface area (Å²) in [6.45, 7) is 6.41. The van der Waals surface area contributed by atoms with E-state index < -0.39 is 0 Å². The molecule has 0 aliphatic carbocycles. The molecule has 0 aliphatic rings. The van der Waals surface area contributed by atoms with Gasteiger partial charge in [-0.3, -0.25) is 4.98 Å². The first-order valence-corrected chi connectivity index (χ1v) is 7.87. The maximum Gasteiger partial charge on any atom is 0.149 e. The molecule has 1 rings (SSSR count). The van der Waals surface area contributed by atoms with Crippen molar-refractivity contribution in [1.29, 1.82) is 0 Å². The van der Waals surface area contributed by atoms with Crippen molar-refractivity contribution in [2.75, 3.05) is 20.2 Å².